The van der Waals surface area contributed by atoms with Crippen molar-refractivity contribution in [2.75, 3.05) is 11.4 Å². The van der Waals surface area contributed by atoms with Crippen molar-refractivity contribution in [1.29, 1.82) is 0 Å². The van der Waals surface area contributed by atoms with E-state index in [0.717, 1.165) is 35.5 Å². The number of aryl methyl sites for hydroxylation is 1. The lowest BCUT2D eigenvalue weighted by atomic mass is 10.1. The molecule has 1 aliphatic heterocycles. The molecule has 5 heteroatoms. The molecule has 1 aliphatic rings. The number of carbonyl (C=O) groups is 1. The van der Waals surface area contributed by atoms with Crippen molar-refractivity contribution in [1.82, 2.24) is 9.55 Å². The van der Waals surface area contributed by atoms with Crippen molar-refractivity contribution in [3.63, 3.8) is 0 Å². The maximum absolute atomic E-state index is 12.8. The van der Waals surface area contributed by atoms with E-state index in [0.29, 0.717) is 18.0 Å². The van der Waals surface area contributed by atoms with Crippen molar-refractivity contribution in [3.05, 3.63) is 59.4 Å². The van der Waals surface area contributed by atoms with Gasteiger partial charge in [-0.05, 0) is 30.7 Å². The summed E-state index contributed by atoms with van der Waals surface area (Å²) in [7, 11) is 0. The minimum absolute atomic E-state index is 0.0855. The Morgan fingerprint density at radius 1 is 1.07 bits per heavy atom. The molecule has 1 saturated heterocycles. The first-order valence-electron chi connectivity index (χ1n) is 10.2. The number of aromatic nitrogens is 2. The summed E-state index contributed by atoms with van der Waals surface area (Å²) in [5.41, 5.74) is 2.97. The highest BCUT2D eigenvalue weighted by molar-refractivity contribution is 6.33. The summed E-state index contributed by atoms with van der Waals surface area (Å²) < 4.78 is 2.33. The van der Waals surface area contributed by atoms with Crippen molar-refractivity contribution in [2.24, 2.45) is 0 Å². The summed E-state index contributed by atoms with van der Waals surface area (Å²) in [5.74, 6) is 1.23. The van der Waals surface area contributed by atoms with Crippen LogP contribution in [0.3, 0.4) is 0 Å². The molecule has 1 fully saturated rings. The molecule has 0 saturated carbocycles. The Labute approximate surface area is 171 Å². The van der Waals surface area contributed by atoms with E-state index in [4.69, 9.17) is 16.6 Å². The van der Waals surface area contributed by atoms with Gasteiger partial charge < -0.3 is 9.47 Å². The molecule has 4 rings (SSSR count). The predicted molar refractivity (Wildman–Crippen MR) is 115 cm³/mol. The van der Waals surface area contributed by atoms with Crippen molar-refractivity contribution < 1.29 is 4.79 Å². The summed E-state index contributed by atoms with van der Waals surface area (Å²) >= 11 is 6.34. The number of unbranched alkanes of at least 4 members (excludes halogenated alkanes) is 3. The van der Waals surface area contributed by atoms with Gasteiger partial charge in [-0.1, -0.05) is 62.1 Å². The number of fused-ring (bicyclic) bond motifs is 1. The van der Waals surface area contributed by atoms with Crippen LogP contribution in [0, 0.1) is 0 Å². The number of imidazole rings is 1. The number of benzene rings is 2. The molecular weight excluding hydrogens is 370 g/mol. The van der Waals surface area contributed by atoms with Crippen LogP contribution in [0.5, 0.6) is 0 Å². The van der Waals surface area contributed by atoms with Gasteiger partial charge in [-0.15, -0.1) is 0 Å². The molecule has 28 heavy (non-hydrogen) atoms. The zero-order valence-corrected chi connectivity index (χ0v) is 17.0. The number of carbonyl (C=O) groups excluding carboxylic acids is 1. The summed E-state index contributed by atoms with van der Waals surface area (Å²) in [4.78, 5) is 19.5. The van der Waals surface area contributed by atoms with Gasteiger partial charge >= 0.3 is 0 Å². The molecule has 0 aliphatic carbocycles. The average molecular weight is 396 g/mol. The normalized spacial score (nSPS) is 17.0. The van der Waals surface area contributed by atoms with Crippen LogP contribution < -0.4 is 4.90 Å². The number of anilines is 1. The van der Waals surface area contributed by atoms with Crippen LogP contribution in [0.15, 0.2) is 48.5 Å². The van der Waals surface area contributed by atoms with E-state index >= 15 is 0 Å². The van der Waals surface area contributed by atoms with Gasteiger partial charge in [0.2, 0.25) is 5.91 Å². The second kappa shape index (κ2) is 8.36. The second-order valence-electron chi connectivity index (χ2n) is 7.53. The summed E-state index contributed by atoms with van der Waals surface area (Å²) in [6.07, 6.45) is 5.31. The van der Waals surface area contributed by atoms with E-state index in [2.05, 4.69) is 29.7 Å². The molecule has 1 amide bonds. The van der Waals surface area contributed by atoms with Gasteiger partial charge in [0.05, 0.1) is 21.7 Å². The number of para-hydroxylation sites is 3. The monoisotopic (exact) mass is 395 g/mol. The molecule has 146 valence electrons. The van der Waals surface area contributed by atoms with Gasteiger partial charge in [0.1, 0.15) is 5.82 Å². The fraction of sp³-hybridized carbons (Fsp3) is 0.391. The smallest absolute Gasteiger partial charge is 0.227 e. The van der Waals surface area contributed by atoms with Crippen LogP contribution in [-0.2, 0) is 11.3 Å². The molecular formula is C23H26ClN3O. The predicted octanol–water partition coefficient (Wildman–Crippen LogP) is 5.79. The highest BCUT2D eigenvalue weighted by Crippen LogP contribution is 2.36. The van der Waals surface area contributed by atoms with Crippen LogP contribution in [0.25, 0.3) is 11.0 Å². The molecule has 0 unspecified atom stereocenters. The third kappa shape index (κ3) is 3.66. The Morgan fingerprint density at radius 2 is 1.86 bits per heavy atom. The Morgan fingerprint density at radius 3 is 2.68 bits per heavy atom. The molecule has 1 aromatic heterocycles. The van der Waals surface area contributed by atoms with Crippen LogP contribution in [-0.4, -0.2) is 22.0 Å². The molecule has 4 nitrogen and oxygen atoms in total. The third-order valence-corrected chi connectivity index (χ3v) is 5.87. The van der Waals surface area contributed by atoms with Crippen LogP contribution in [0.1, 0.15) is 50.8 Å². The van der Waals surface area contributed by atoms with Crippen molar-refractivity contribution >= 4 is 34.2 Å². The van der Waals surface area contributed by atoms with Gasteiger partial charge in [0.15, 0.2) is 0 Å². The average Bonchev–Trinajstić information content (AvgIpc) is 3.26. The maximum atomic E-state index is 12.8. The van der Waals surface area contributed by atoms with Gasteiger partial charge in [0.25, 0.3) is 0 Å². The Balaban J connectivity index is 1.63. The van der Waals surface area contributed by atoms with E-state index in [9.17, 15) is 4.79 Å². The fourth-order valence-electron chi connectivity index (χ4n) is 4.12. The first-order valence-corrected chi connectivity index (χ1v) is 10.6. The Hall–Kier alpha value is -2.33. The number of hydrogen-bond donors (Lipinski definition) is 0. The molecule has 1 atom stereocenters. The van der Waals surface area contributed by atoms with Crippen molar-refractivity contribution in [3.8, 4) is 0 Å². The fourth-order valence-corrected chi connectivity index (χ4v) is 4.36. The molecule has 0 spiro atoms. The van der Waals surface area contributed by atoms with Crippen LogP contribution in [0.2, 0.25) is 5.02 Å². The maximum Gasteiger partial charge on any atom is 0.227 e. The second-order valence-corrected chi connectivity index (χ2v) is 7.94. The molecule has 2 heterocycles. The van der Waals surface area contributed by atoms with E-state index in [-0.39, 0.29) is 11.8 Å². The highest BCUT2D eigenvalue weighted by Gasteiger charge is 2.35. The van der Waals surface area contributed by atoms with Gasteiger partial charge in [-0.25, -0.2) is 4.98 Å². The quantitative estimate of drug-likeness (QED) is 0.475. The topological polar surface area (TPSA) is 38.1 Å². The summed E-state index contributed by atoms with van der Waals surface area (Å²) in [6, 6.07) is 15.8. The standard InChI is InChI=1S/C23H26ClN3O/c1-2-3-4-9-14-26-21-13-8-6-11-19(21)25-23(26)17-15-22(28)27(16-17)20-12-7-5-10-18(20)24/h5-8,10-13,17H,2-4,9,14-16H2,1H3/t17-/m1/s1. The SMILES string of the molecule is CCCCCCn1c([C@@H]2CC(=O)N(c3ccccc3Cl)C2)nc2ccccc21. The lowest BCUT2D eigenvalue weighted by Crippen LogP contribution is -2.24. The number of nitrogens with zero attached hydrogens (tertiary/aromatic N) is 3. The number of amides is 1. The molecule has 0 bridgehead atoms. The molecule has 3 aromatic rings. The Bertz CT molecular complexity index is 981. The third-order valence-electron chi connectivity index (χ3n) is 5.55. The first kappa shape index (κ1) is 19.0. The number of hydrogen-bond acceptors (Lipinski definition) is 2. The Kier molecular flexibility index (Phi) is 5.67. The molecule has 0 radical (unpaired) electrons. The summed E-state index contributed by atoms with van der Waals surface area (Å²) in [6.45, 7) is 3.80. The largest absolute Gasteiger partial charge is 0.328 e. The van der Waals surface area contributed by atoms with E-state index in [1.165, 1.54) is 19.3 Å². The molecule has 2 aromatic carbocycles. The van der Waals surface area contributed by atoms with Gasteiger partial charge in [-0.2, -0.15) is 0 Å². The minimum atomic E-state index is 0.0855. The lowest BCUT2D eigenvalue weighted by Gasteiger charge is -2.18. The number of halogens is 1. The van der Waals surface area contributed by atoms with Crippen LogP contribution >= 0.6 is 11.6 Å². The molecule has 0 N–H and O–H groups in total. The zero-order chi connectivity index (χ0) is 19.5. The zero-order valence-electron chi connectivity index (χ0n) is 16.3. The van der Waals surface area contributed by atoms with Crippen molar-refractivity contribution in [2.45, 2.75) is 51.5 Å². The summed E-state index contributed by atoms with van der Waals surface area (Å²) in [5, 5.41) is 0.615. The van der Waals surface area contributed by atoms with E-state index in [1.54, 1.807) is 0 Å². The minimum Gasteiger partial charge on any atom is -0.328 e. The lowest BCUT2D eigenvalue weighted by molar-refractivity contribution is -0.117. The van der Waals surface area contributed by atoms with Gasteiger partial charge in [-0.3, -0.25) is 4.79 Å². The first-order chi connectivity index (χ1) is 13.7. The van der Waals surface area contributed by atoms with E-state index in [1.807, 2.05) is 35.2 Å². The van der Waals surface area contributed by atoms with E-state index < -0.39 is 0 Å². The highest BCUT2D eigenvalue weighted by atomic mass is 35.5. The van der Waals surface area contributed by atoms with Gasteiger partial charge in [0, 0.05) is 25.4 Å². The van der Waals surface area contributed by atoms with Crippen LogP contribution in [0.4, 0.5) is 5.69 Å². The number of rotatable bonds is 7.